The van der Waals surface area contributed by atoms with Crippen LogP contribution in [-0.2, 0) is 0 Å². The molecule has 0 spiro atoms. The molecule has 7 heteroatoms. The zero-order valence-electron chi connectivity index (χ0n) is 18.7. The lowest BCUT2D eigenvalue weighted by Crippen LogP contribution is -2.48. The van der Waals surface area contributed by atoms with E-state index >= 15 is 0 Å². The fourth-order valence-corrected chi connectivity index (χ4v) is 4.60. The molecule has 7 nitrogen and oxygen atoms in total. The van der Waals surface area contributed by atoms with Crippen molar-refractivity contribution in [2.24, 2.45) is 0 Å². The molecule has 0 radical (unpaired) electrons. The average Bonchev–Trinajstić information content (AvgIpc) is 3.55. The van der Waals surface area contributed by atoms with E-state index in [1.807, 2.05) is 94.8 Å². The molecule has 1 fully saturated rings. The molecule has 168 valence electrons. The topological polar surface area (TPSA) is 58.7 Å². The Labute approximate surface area is 197 Å². The van der Waals surface area contributed by atoms with Gasteiger partial charge in [-0.25, -0.2) is 4.68 Å². The van der Waals surface area contributed by atoms with Gasteiger partial charge in [0.25, 0.3) is 5.91 Å². The summed E-state index contributed by atoms with van der Waals surface area (Å²) >= 11 is 0. The van der Waals surface area contributed by atoms with Crippen molar-refractivity contribution in [3.05, 3.63) is 103 Å². The van der Waals surface area contributed by atoms with Crippen molar-refractivity contribution in [1.29, 1.82) is 0 Å². The molecule has 0 atom stereocenters. The Bertz CT molecular complexity index is 1430. The van der Waals surface area contributed by atoms with Gasteiger partial charge in [-0.05, 0) is 48.5 Å². The Morgan fingerprint density at radius 3 is 2.32 bits per heavy atom. The molecule has 0 N–H and O–H groups in total. The number of carbonyl (C=O) groups excluding carboxylic acids is 1. The van der Waals surface area contributed by atoms with Gasteiger partial charge in [0.2, 0.25) is 0 Å². The number of amides is 1. The fourth-order valence-electron chi connectivity index (χ4n) is 4.60. The molecule has 6 rings (SSSR count). The number of pyridine rings is 2. The number of benzene rings is 1. The van der Waals surface area contributed by atoms with Crippen LogP contribution in [0.2, 0.25) is 0 Å². The minimum Gasteiger partial charge on any atom is -0.368 e. The number of hydrogen-bond acceptors (Lipinski definition) is 4. The number of fused-ring (bicyclic) bond motifs is 1. The first-order valence-corrected chi connectivity index (χ1v) is 11.4. The van der Waals surface area contributed by atoms with Crippen molar-refractivity contribution < 1.29 is 4.79 Å². The van der Waals surface area contributed by atoms with Crippen LogP contribution < -0.4 is 4.90 Å². The number of nitrogens with zero attached hydrogens (tertiary/aromatic N) is 6. The minimum atomic E-state index is 0.0619. The molecule has 0 unspecified atom stereocenters. The van der Waals surface area contributed by atoms with Crippen molar-refractivity contribution in [3.8, 4) is 17.1 Å². The van der Waals surface area contributed by atoms with E-state index in [9.17, 15) is 4.79 Å². The van der Waals surface area contributed by atoms with E-state index in [1.165, 1.54) is 0 Å². The summed E-state index contributed by atoms with van der Waals surface area (Å²) in [6, 6.07) is 24.0. The maximum atomic E-state index is 13.6. The maximum absolute atomic E-state index is 13.6. The normalized spacial score (nSPS) is 14.0. The summed E-state index contributed by atoms with van der Waals surface area (Å²) in [5.74, 6) is 0.0619. The lowest BCUT2D eigenvalue weighted by molar-refractivity contribution is 0.0749. The number of aromatic nitrogens is 4. The quantitative estimate of drug-likeness (QED) is 0.415. The molecule has 0 bridgehead atoms. The second kappa shape index (κ2) is 8.51. The van der Waals surface area contributed by atoms with Crippen LogP contribution in [0.5, 0.6) is 0 Å². The van der Waals surface area contributed by atoms with Gasteiger partial charge in [0.15, 0.2) is 0 Å². The predicted molar refractivity (Wildman–Crippen MR) is 132 cm³/mol. The number of anilines is 1. The van der Waals surface area contributed by atoms with E-state index in [2.05, 4.69) is 14.3 Å². The second-order valence-electron chi connectivity index (χ2n) is 8.36. The molecular weight excluding hydrogens is 424 g/mol. The summed E-state index contributed by atoms with van der Waals surface area (Å²) in [5.41, 5.74) is 5.48. The van der Waals surface area contributed by atoms with Crippen molar-refractivity contribution in [2.75, 3.05) is 31.1 Å². The summed E-state index contributed by atoms with van der Waals surface area (Å²) in [6.45, 7) is 2.97. The van der Waals surface area contributed by atoms with Gasteiger partial charge in [0.05, 0.1) is 22.5 Å². The summed E-state index contributed by atoms with van der Waals surface area (Å²) in [7, 11) is 0. The first-order valence-electron chi connectivity index (χ1n) is 11.4. The second-order valence-corrected chi connectivity index (χ2v) is 8.36. The highest BCUT2D eigenvalue weighted by Gasteiger charge is 2.26. The van der Waals surface area contributed by atoms with Crippen LogP contribution in [0.25, 0.3) is 22.6 Å². The Morgan fingerprint density at radius 2 is 1.53 bits per heavy atom. The summed E-state index contributed by atoms with van der Waals surface area (Å²) < 4.78 is 3.91. The largest absolute Gasteiger partial charge is 0.368 e. The summed E-state index contributed by atoms with van der Waals surface area (Å²) in [5, 5.41) is 4.79. The third-order valence-electron chi connectivity index (χ3n) is 6.37. The van der Waals surface area contributed by atoms with Gasteiger partial charge in [-0.15, -0.1) is 0 Å². The zero-order valence-corrected chi connectivity index (χ0v) is 18.7. The molecule has 1 saturated heterocycles. The number of rotatable bonds is 4. The number of hydrogen-bond donors (Lipinski definition) is 0. The van der Waals surface area contributed by atoms with Crippen LogP contribution >= 0.6 is 0 Å². The lowest BCUT2D eigenvalue weighted by atomic mass is 10.2. The van der Waals surface area contributed by atoms with Crippen LogP contribution in [0.1, 0.15) is 10.4 Å². The molecule has 1 amide bonds. The third-order valence-corrected chi connectivity index (χ3v) is 6.37. The van der Waals surface area contributed by atoms with Crippen molar-refractivity contribution in [3.63, 3.8) is 0 Å². The van der Waals surface area contributed by atoms with Crippen molar-refractivity contribution in [1.82, 2.24) is 24.1 Å². The maximum Gasteiger partial charge on any atom is 0.256 e. The Morgan fingerprint density at radius 1 is 0.765 bits per heavy atom. The number of piperazine rings is 1. The monoisotopic (exact) mass is 448 g/mol. The smallest absolute Gasteiger partial charge is 0.256 e. The summed E-state index contributed by atoms with van der Waals surface area (Å²) in [6.07, 6.45) is 7.55. The highest BCUT2D eigenvalue weighted by Crippen LogP contribution is 2.27. The molecule has 4 aromatic heterocycles. The van der Waals surface area contributed by atoms with Gasteiger partial charge >= 0.3 is 0 Å². The SMILES string of the molecule is O=C(c1cc(-c2ccn(-c3ccccc3)n2)n2ccccc12)N1CCN(c2ccncc2)CC1. The van der Waals surface area contributed by atoms with Gasteiger partial charge in [0.1, 0.15) is 5.69 Å². The molecule has 1 aliphatic heterocycles. The van der Waals surface area contributed by atoms with E-state index in [-0.39, 0.29) is 5.91 Å². The zero-order chi connectivity index (χ0) is 22.9. The Balaban J connectivity index is 1.29. The molecule has 0 saturated carbocycles. The standard InChI is InChI=1S/C27H24N6O/c34-27(31-18-16-30(17-19-31)21-9-12-28-13-10-21)23-20-26(32-14-5-4-8-25(23)32)24-11-15-33(29-24)22-6-2-1-3-7-22/h1-15,20H,16-19H2. The molecule has 5 aromatic rings. The molecule has 1 aliphatic rings. The average molecular weight is 449 g/mol. The lowest BCUT2D eigenvalue weighted by Gasteiger charge is -2.36. The molecule has 34 heavy (non-hydrogen) atoms. The number of carbonyl (C=O) groups is 1. The van der Waals surface area contributed by atoms with Gasteiger partial charge < -0.3 is 14.2 Å². The van der Waals surface area contributed by atoms with E-state index in [0.29, 0.717) is 18.7 Å². The summed E-state index contributed by atoms with van der Waals surface area (Å²) in [4.78, 5) is 21.9. The van der Waals surface area contributed by atoms with Gasteiger partial charge in [-0.2, -0.15) is 5.10 Å². The highest BCUT2D eigenvalue weighted by molar-refractivity contribution is 6.03. The van der Waals surface area contributed by atoms with E-state index in [0.717, 1.165) is 41.4 Å². The van der Waals surface area contributed by atoms with E-state index in [4.69, 9.17) is 5.10 Å². The molecular formula is C27H24N6O. The minimum absolute atomic E-state index is 0.0619. The first kappa shape index (κ1) is 20.2. The first-order chi connectivity index (χ1) is 16.8. The third kappa shape index (κ3) is 3.61. The Kier molecular flexibility index (Phi) is 5.07. The Hall–Kier alpha value is -4.39. The van der Waals surface area contributed by atoms with Crippen LogP contribution in [-0.4, -0.2) is 56.2 Å². The van der Waals surface area contributed by atoms with Crippen LogP contribution in [0.4, 0.5) is 5.69 Å². The number of para-hydroxylation sites is 1. The molecule has 0 aliphatic carbocycles. The van der Waals surface area contributed by atoms with Gasteiger partial charge in [0, 0.05) is 56.7 Å². The van der Waals surface area contributed by atoms with Crippen molar-refractivity contribution >= 4 is 17.1 Å². The molecule has 1 aromatic carbocycles. The van der Waals surface area contributed by atoms with Crippen LogP contribution in [0, 0.1) is 0 Å². The van der Waals surface area contributed by atoms with Gasteiger partial charge in [-0.1, -0.05) is 24.3 Å². The van der Waals surface area contributed by atoms with Crippen molar-refractivity contribution in [2.45, 2.75) is 0 Å². The van der Waals surface area contributed by atoms with E-state index in [1.54, 1.807) is 12.4 Å². The highest BCUT2D eigenvalue weighted by atomic mass is 16.2. The fraction of sp³-hybridized carbons (Fsp3) is 0.148. The predicted octanol–water partition coefficient (Wildman–Crippen LogP) is 4.15. The van der Waals surface area contributed by atoms with Crippen LogP contribution in [0.3, 0.4) is 0 Å². The molecule has 5 heterocycles. The van der Waals surface area contributed by atoms with Gasteiger partial charge in [-0.3, -0.25) is 9.78 Å². The van der Waals surface area contributed by atoms with E-state index < -0.39 is 0 Å². The van der Waals surface area contributed by atoms with Crippen LogP contribution in [0.15, 0.2) is 97.6 Å².